The predicted molar refractivity (Wildman–Crippen MR) is 69.6 cm³/mol. The molecule has 1 saturated heterocycles. The first-order valence-corrected chi connectivity index (χ1v) is 7.07. The minimum Gasteiger partial charge on any atom is -0.376 e. The van der Waals surface area contributed by atoms with Crippen molar-refractivity contribution < 1.29 is 4.74 Å². The maximum atomic E-state index is 5.81. The average Bonchev–Trinajstić information content (AvgIpc) is 3.08. The summed E-state index contributed by atoms with van der Waals surface area (Å²) < 4.78 is 6.84. The van der Waals surface area contributed by atoms with Crippen LogP contribution in [0.2, 0.25) is 0 Å². The lowest BCUT2D eigenvalue weighted by Crippen LogP contribution is -2.37. The molecular formula is C13H17BrN2O. The van der Waals surface area contributed by atoms with Gasteiger partial charge in [0.2, 0.25) is 0 Å². The lowest BCUT2D eigenvalue weighted by Gasteiger charge is -2.19. The molecule has 0 aromatic carbocycles. The highest BCUT2D eigenvalue weighted by Crippen LogP contribution is 2.38. The van der Waals surface area contributed by atoms with Crippen molar-refractivity contribution in [1.29, 1.82) is 0 Å². The van der Waals surface area contributed by atoms with Gasteiger partial charge in [-0.2, -0.15) is 0 Å². The van der Waals surface area contributed by atoms with E-state index in [2.05, 4.69) is 32.3 Å². The molecule has 1 aliphatic heterocycles. The van der Waals surface area contributed by atoms with Crippen LogP contribution < -0.4 is 5.32 Å². The highest BCUT2D eigenvalue weighted by atomic mass is 79.9. The second kappa shape index (κ2) is 5.04. The van der Waals surface area contributed by atoms with E-state index < -0.39 is 0 Å². The van der Waals surface area contributed by atoms with Crippen LogP contribution in [0.5, 0.6) is 0 Å². The molecule has 2 atom stereocenters. The van der Waals surface area contributed by atoms with E-state index in [1.54, 1.807) is 0 Å². The third-order valence-corrected chi connectivity index (χ3v) is 4.03. The van der Waals surface area contributed by atoms with Crippen LogP contribution in [0.15, 0.2) is 22.8 Å². The summed E-state index contributed by atoms with van der Waals surface area (Å²) in [5.74, 6) is 0.813. The molecule has 2 fully saturated rings. The first kappa shape index (κ1) is 11.6. The molecule has 17 heavy (non-hydrogen) atoms. The molecule has 1 aromatic heterocycles. The van der Waals surface area contributed by atoms with Gasteiger partial charge in [0, 0.05) is 29.9 Å². The molecule has 0 radical (unpaired) electrons. The third kappa shape index (κ3) is 2.87. The zero-order chi connectivity index (χ0) is 11.7. The van der Waals surface area contributed by atoms with E-state index in [-0.39, 0.29) is 0 Å². The highest BCUT2D eigenvalue weighted by Gasteiger charge is 2.40. The molecule has 1 aromatic rings. The summed E-state index contributed by atoms with van der Waals surface area (Å²) in [5, 5.41) is 3.59. The van der Waals surface area contributed by atoms with Crippen molar-refractivity contribution in [1.82, 2.24) is 10.3 Å². The van der Waals surface area contributed by atoms with Gasteiger partial charge in [-0.1, -0.05) is 0 Å². The number of hydrogen-bond acceptors (Lipinski definition) is 3. The molecule has 3 rings (SSSR count). The first-order valence-electron chi connectivity index (χ1n) is 6.28. The molecule has 92 valence electrons. The normalized spacial score (nSPS) is 28.5. The largest absolute Gasteiger partial charge is 0.376 e. The van der Waals surface area contributed by atoms with Crippen molar-refractivity contribution in [2.24, 2.45) is 5.92 Å². The monoisotopic (exact) mass is 296 g/mol. The van der Waals surface area contributed by atoms with Crippen LogP contribution in [0.3, 0.4) is 0 Å². The van der Waals surface area contributed by atoms with E-state index in [0.29, 0.717) is 12.1 Å². The number of nitrogens with one attached hydrogen (secondary N) is 1. The van der Waals surface area contributed by atoms with Crippen LogP contribution in [0.25, 0.3) is 0 Å². The number of halogens is 1. The second-order valence-corrected chi connectivity index (χ2v) is 5.83. The van der Waals surface area contributed by atoms with Gasteiger partial charge in [0.15, 0.2) is 0 Å². The standard InChI is InChI=1S/C13H17BrN2O/c14-10-3-4-11(15-7-10)8-16-12-5-6-17-13(12)9-1-2-9/h3-4,7,9,12-13,16H,1-2,5-6,8H2. The minimum atomic E-state index is 0.449. The van der Waals surface area contributed by atoms with Gasteiger partial charge in [-0.15, -0.1) is 0 Å². The van der Waals surface area contributed by atoms with Crippen LogP contribution >= 0.6 is 15.9 Å². The van der Waals surface area contributed by atoms with E-state index in [1.807, 2.05) is 12.3 Å². The van der Waals surface area contributed by atoms with Crippen molar-refractivity contribution in [3.8, 4) is 0 Å². The molecule has 2 heterocycles. The summed E-state index contributed by atoms with van der Waals surface area (Å²) in [7, 11) is 0. The molecule has 0 spiro atoms. The fraction of sp³-hybridized carbons (Fsp3) is 0.615. The molecule has 1 aliphatic carbocycles. The van der Waals surface area contributed by atoms with Crippen molar-refractivity contribution >= 4 is 15.9 Å². The Morgan fingerprint density at radius 1 is 1.35 bits per heavy atom. The van der Waals surface area contributed by atoms with Crippen LogP contribution in [0, 0.1) is 5.92 Å². The van der Waals surface area contributed by atoms with Crippen LogP contribution in [-0.4, -0.2) is 23.7 Å². The summed E-state index contributed by atoms with van der Waals surface area (Å²) in [6.07, 6.45) is 6.13. The first-order chi connectivity index (χ1) is 8.33. The number of ether oxygens (including phenoxy) is 1. The molecule has 4 heteroatoms. The molecule has 2 unspecified atom stereocenters. The molecular weight excluding hydrogens is 280 g/mol. The Kier molecular flexibility index (Phi) is 3.45. The Morgan fingerprint density at radius 3 is 2.94 bits per heavy atom. The minimum absolute atomic E-state index is 0.449. The van der Waals surface area contributed by atoms with Crippen LogP contribution in [-0.2, 0) is 11.3 Å². The summed E-state index contributed by atoms with van der Waals surface area (Å²) in [6, 6.07) is 4.61. The third-order valence-electron chi connectivity index (χ3n) is 3.56. The smallest absolute Gasteiger partial charge is 0.0757 e. The van der Waals surface area contributed by atoms with Crippen molar-refractivity contribution in [2.75, 3.05) is 6.61 Å². The number of aromatic nitrogens is 1. The number of rotatable bonds is 4. The summed E-state index contributed by atoms with van der Waals surface area (Å²) >= 11 is 3.40. The highest BCUT2D eigenvalue weighted by molar-refractivity contribution is 9.10. The zero-order valence-electron chi connectivity index (χ0n) is 9.73. The number of nitrogens with zero attached hydrogens (tertiary/aromatic N) is 1. The van der Waals surface area contributed by atoms with Crippen LogP contribution in [0.4, 0.5) is 0 Å². The molecule has 2 aliphatic rings. The quantitative estimate of drug-likeness (QED) is 0.927. The lowest BCUT2D eigenvalue weighted by atomic mass is 10.1. The molecule has 1 saturated carbocycles. The van der Waals surface area contributed by atoms with Gasteiger partial charge in [0.05, 0.1) is 11.8 Å². The Balaban J connectivity index is 1.54. The molecule has 3 nitrogen and oxygen atoms in total. The molecule has 1 N–H and O–H groups in total. The van der Waals surface area contributed by atoms with Crippen molar-refractivity contribution in [3.05, 3.63) is 28.5 Å². The molecule has 0 bridgehead atoms. The van der Waals surface area contributed by atoms with E-state index in [9.17, 15) is 0 Å². The fourth-order valence-corrected chi connectivity index (χ4v) is 2.70. The maximum Gasteiger partial charge on any atom is 0.0757 e. The Hall–Kier alpha value is -0.450. The van der Waals surface area contributed by atoms with Gasteiger partial charge < -0.3 is 10.1 Å². The Labute approximate surface area is 110 Å². The summed E-state index contributed by atoms with van der Waals surface area (Å²) in [6.45, 7) is 1.75. The lowest BCUT2D eigenvalue weighted by molar-refractivity contribution is 0.0808. The van der Waals surface area contributed by atoms with E-state index in [1.165, 1.54) is 12.8 Å². The van der Waals surface area contributed by atoms with Gasteiger partial charge in [-0.05, 0) is 53.2 Å². The summed E-state index contributed by atoms with van der Waals surface area (Å²) in [4.78, 5) is 4.37. The van der Waals surface area contributed by atoms with E-state index >= 15 is 0 Å². The number of pyridine rings is 1. The topological polar surface area (TPSA) is 34.1 Å². The fourth-order valence-electron chi connectivity index (χ4n) is 2.47. The maximum absolute atomic E-state index is 5.81. The SMILES string of the molecule is Brc1ccc(CNC2CCOC2C2CC2)nc1. The van der Waals surface area contributed by atoms with Gasteiger partial charge >= 0.3 is 0 Å². The average molecular weight is 297 g/mol. The zero-order valence-corrected chi connectivity index (χ0v) is 11.3. The van der Waals surface area contributed by atoms with Crippen molar-refractivity contribution in [2.45, 2.75) is 38.0 Å². The Bertz CT molecular complexity index is 378. The molecule has 0 amide bonds. The second-order valence-electron chi connectivity index (χ2n) is 4.92. The van der Waals surface area contributed by atoms with E-state index in [4.69, 9.17) is 4.74 Å². The van der Waals surface area contributed by atoms with Gasteiger partial charge in [-0.3, -0.25) is 4.98 Å². The Morgan fingerprint density at radius 2 is 2.24 bits per heavy atom. The van der Waals surface area contributed by atoms with E-state index in [0.717, 1.165) is 35.7 Å². The predicted octanol–water partition coefficient (Wildman–Crippen LogP) is 2.50. The van der Waals surface area contributed by atoms with Crippen LogP contribution in [0.1, 0.15) is 25.0 Å². The van der Waals surface area contributed by atoms with Gasteiger partial charge in [0.25, 0.3) is 0 Å². The number of hydrogen-bond donors (Lipinski definition) is 1. The van der Waals surface area contributed by atoms with Gasteiger partial charge in [-0.25, -0.2) is 0 Å². The van der Waals surface area contributed by atoms with Crippen molar-refractivity contribution in [3.63, 3.8) is 0 Å². The van der Waals surface area contributed by atoms with Gasteiger partial charge in [0.1, 0.15) is 0 Å². The summed E-state index contributed by atoms with van der Waals surface area (Å²) in [5.41, 5.74) is 1.09.